The van der Waals surface area contributed by atoms with E-state index in [2.05, 4.69) is 5.16 Å². The van der Waals surface area contributed by atoms with Gasteiger partial charge < -0.3 is 14.4 Å². The third kappa shape index (κ3) is 4.46. The van der Waals surface area contributed by atoms with Gasteiger partial charge in [0.25, 0.3) is 0 Å². The maximum Gasteiger partial charge on any atom is 0.145 e. The first-order valence-electron chi connectivity index (χ1n) is 11.4. The van der Waals surface area contributed by atoms with E-state index in [0.717, 1.165) is 24.2 Å². The summed E-state index contributed by atoms with van der Waals surface area (Å²) < 4.78 is 26.5. The Balaban J connectivity index is 1.31. The first-order valence-corrected chi connectivity index (χ1v) is 12.1. The van der Waals surface area contributed by atoms with Crippen LogP contribution in [0.2, 0.25) is 10.0 Å². The Morgan fingerprint density at radius 1 is 1.15 bits per heavy atom. The van der Waals surface area contributed by atoms with Gasteiger partial charge in [0, 0.05) is 22.6 Å². The molecule has 1 N–H and O–H groups in total. The molecule has 0 saturated heterocycles. The fourth-order valence-electron chi connectivity index (χ4n) is 4.72. The second-order valence-electron chi connectivity index (χ2n) is 9.09. The summed E-state index contributed by atoms with van der Waals surface area (Å²) in [5.74, 6) is 0.593. The molecule has 1 aromatic heterocycles. The fraction of sp³-hybridized carbons (Fsp3) is 0.385. The van der Waals surface area contributed by atoms with E-state index in [0.29, 0.717) is 59.5 Å². The normalized spacial score (nSPS) is 22.5. The van der Waals surface area contributed by atoms with Gasteiger partial charge in [0.2, 0.25) is 0 Å². The number of nitriles is 1. The second-order valence-corrected chi connectivity index (χ2v) is 9.91. The number of ether oxygens (including phenoxy) is 1. The molecule has 0 aliphatic heterocycles. The Bertz CT molecular complexity index is 1240. The summed E-state index contributed by atoms with van der Waals surface area (Å²) >= 11 is 12.9. The highest BCUT2D eigenvalue weighted by Crippen LogP contribution is 2.46. The van der Waals surface area contributed by atoms with Crippen LogP contribution in [0.3, 0.4) is 0 Å². The van der Waals surface area contributed by atoms with Crippen LogP contribution in [0, 0.1) is 17.1 Å². The SMILES string of the molecule is N#Cc1ccc(C2(O)CCC(OCc3c(-c4c(Cl)cccc4Cl)noc3C3CC3)CC2)c(F)c1. The molecule has 5 nitrogen and oxygen atoms in total. The van der Waals surface area contributed by atoms with Gasteiger partial charge in [-0.05, 0) is 62.8 Å². The second kappa shape index (κ2) is 9.31. The van der Waals surface area contributed by atoms with Crippen LogP contribution >= 0.6 is 23.2 Å². The van der Waals surface area contributed by atoms with E-state index in [1.807, 2.05) is 6.07 Å². The molecule has 0 bridgehead atoms. The number of aliphatic hydroxyl groups is 1. The molecule has 0 unspecified atom stereocenters. The number of hydrogen-bond acceptors (Lipinski definition) is 5. The number of halogens is 3. The van der Waals surface area contributed by atoms with Crippen molar-refractivity contribution in [3.63, 3.8) is 0 Å². The highest BCUT2D eigenvalue weighted by atomic mass is 35.5. The van der Waals surface area contributed by atoms with Gasteiger partial charge in [-0.1, -0.05) is 40.5 Å². The van der Waals surface area contributed by atoms with Gasteiger partial charge in [0.05, 0.1) is 40.0 Å². The topological polar surface area (TPSA) is 79.3 Å². The Labute approximate surface area is 207 Å². The summed E-state index contributed by atoms with van der Waals surface area (Å²) in [5, 5.41) is 25.3. The predicted octanol–water partition coefficient (Wildman–Crippen LogP) is 6.88. The average Bonchev–Trinajstić information content (AvgIpc) is 3.59. The molecule has 34 heavy (non-hydrogen) atoms. The molecule has 1 heterocycles. The van der Waals surface area contributed by atoms with Crippen LogP contribution in [0.5, 0.6) is 0 Å². The molecule has 0 atom stereocenters. The molecule has 0 radical (unpaired) electrons. The minimum absolute atomic E-state index is 0.0989. The summed E-state index contributed by atoms with van der Waals surface area (Å²) in [7, 11) is 0. The number of aromatic nitrogens is 1. The molecule has 3 aromatic rings. The maximum absolute atomic E-state index is 14.5. The molecule has 2 aliphatic rings. The van der Waals surface area contributed by atoms with Crippen LogP contribution < -0.4 is 0 Å². The van der Waals surface area contributed by atoms with Crippen LogP contribution in [0.4, 0.5) is 4.39 Å². The molecule has 0 amide bonds. The number of rotatable bonds is 6. The third-order valence-electron chi connectivity index (χ3n) is 6.79. The van der Waals surface area contributed by atoms with Crippen molar-refractivity contribution in [2.45, 2.75) is 62.8 Å². The van der Waals surface area contributed by atoms with Crippen LogP contribution in [0.15, 0.2) is 40.9 Å². The lowest BCUT2D eigenvalue weighted by atomic mass is 9.78. The lowest BCUT2D eigenvalue weighted by Crippen LogP contribution is -2.35. The van der Waals surface area contributed by atoms with Gasteiger partial charge in [0.15, 0.2) is 0 Å². The summed E-state index contributed by atoms with van der Waals surface area (Å²) in [4.78, 5) is 0. The minimum Gasteiger partial charge on any atom is -0.385 e. The first kappa shape index (κ1) is 23.3. The van der Waals surface area contributed by atoms with Crippen molar-refractivity contribution in [2.24, 2.45) is 0 Å². The number of nitrogens with zero attached hydrogens (tertiary/aromatic N) is 2. The van der Waals surface area contributed by atoms with Crippen molar-refractivity contribution in [2.75, 3.05) is 0 Å². The van der Waals surface area contributed by atoms with Gasteiger partial charge in [-0.25, -0.2) is 4.39 Å². The zero-order valence-corrected chi connectivity index (χ0v) is 19.9. The van der Waals surface area contributed by atoms with E-state index < -0.39 is 11.4 Å². The first-order chi connectivity index (χ1) is 16.4. The summed E-state index contributed by atoms with van der Waals surface area (Å²) in [5.41, 5.74) is 1.28. The standard InChI is InChI=1S/C26H23Cl2FN2O3/c27-20-2-1-3-21(28)23(20)24-18(25(34-31-24)16-5-6-16)14-33-17-8-10-26(32,11-9-17)19-7-4-15(13-30)12-22(19)29/h1-4,7,12,16-17,32H,5-6,8-11,14H2. The molecular weight excluding hydrogens is 478 g/mol. The van der Waals surface area contributed by atoms with E-state index in [1.165, 1.54) is 18.2 Å². The molecule has 5 rings (SSSR count). The minimum atomic E-state index is -1.27. The molecular formula is C26H23Cl2FN2O3. The lowest BCUT2D eigenvalue weighted by molar-refractivity contribution is -0.0656. The molecule has 2 saturated carbocycles. The monoisotopic (exact) mass is 500 g/mol. The predicted molar refractivity (Wildman–Crippen MR) is 126 cm³/mol. The third-order valence-corrected chi connectivity index (χ3v) is 7.42. The highest BCUT2D eigenvalue weighted by Gasteiger charge is 2.38. The lowest BCUT2D eigenvalue weighted by Gasteiger charge is -2.36. The molecule has 8 heteroatoms. The largest absolute Gasteiger partial charge is 0.385 e. The maximum atomic E-state index is 14.5. The smallest absolute Gasteiger partial charge is 0.145 e. The van der Waals surface area contributed by atoms with Gasteiger partial charge in [-0.3, -0.25) is 0 Å². The van der Waals surface area contributed by atoms with Crippen molar-refractivity contribution in [3.8, 4) is 17.3 Å². The van der Waals surface area contributed by atoms with E-state index >= 15 is 0 Å². The Kier molecular flexibility index (Phi) is 6.39. The highest BCUT2D eigenvalue weighted by molar-refractivity contribution is 6.39. The van der Waals surface area contributed by atoms with Crippen molar-refractivity contribution >= 4 is 23.2 Å². The van der Waals surface area contributed by atoms with Crippen LogP contribution in [0.25, 0.3) is 11.3 Å². The summed E-state index contributed by atoms with van der Waals surface area (Å²) in [6.07, 6.45) is 3.86. The van der Waals surface area contributed by atoms with E-state index in [9.17, 15) is 9.50 Å². The van der Waals surface area contributed by atoms with Crippen molar-refractivity contribution < 1.29 is 18.8 Å². The van der Waals surface area contributed by atoms with Crippen LogP contribution in [0.1, 0.15) is 66.9 Å². The summed E-state index contributed by atoms with van der Waals surface area (Å²) in [6, 6.07) is 11.4. The van der Waals surface area contributed by atoms with Gasteiger partial charge in [-0.2, -0.15) is 5.26 Å². The molecule has 176 valence electrons. The fourth-order valence-corrected chi connectivity index (χ4v) is 5.29. The molecule has 2 fully saturated rings. The van der Waals surface area contributed by atoms with Crippen molar-refractivity contribution in [3.05, 3.63) is 74.7 Å². The van der Waals surface area contributed by atoms with Gasteiger partial charge in [-0.15, -0.1) is 0 Å². The Hall–Kier alpha value is -2.43. The quantitative estimate of drug-likeness (QED) is 0.398. The number of benzene rings is 2. The van der Waals surface area contributed by atoms with E-state index in [-0.39, 0.29) is 17.2 Å². The van der Waals surface area contributed by atoms with E-state index in [4.69, 9.17) is 37.7 Å². The van der Waals surface area contributed by atoms with E-state index in [1.54, 1.807) is 18.2 Å². The molecule has 0 spiro atoms. The average molecular weight is 501 g/mol. The van der Waals surface area contributed by atoms with Gasteiger partial charge in [0.1, 0.15) is 17.3 Å². The van der Waals surface area contributed by atoms with Crippen molar-refractivity contribution in [1.29, 1.82) is 5.26 Å². The Morgan fingerprint density at radius 3 is 2.47 bits per heavy atom. The molecule has 2 aliphatic carbocycles. The Morgan fingerprint density at radius 2 is 1.85 bits per heavy atom. The zero-order valence-electron chi connectivity index (χ0n) is 18.4. The number of hydrogen-bond donors (Lipinski definition) is 1. The van der Waals surface area contributed by atoms with Crippen LogP contribution in [-0.2, 0) is 16.9 Å². The van der Waals surface area contributed by atoms with Gasteiger partial charge >= 0.3 is 0 Å². The molecule has 2 aromatic carbocycles. The van der Waals surface area contributed by atoms with Crippen molar-refractivity contribution in [1.82, 2.24) is 5.16 Å². The summed E-state index contributed by atoms with van der Waals surface area (Å²) in [6.45, 7) is 0.292. The zero-order chi connectivity index (χ0) is 23.9. The van der Waals surface area contributed by atoms with Crippen LogP contribution in [-0.4, -0.2) is 16.4 Å².